The third-order valence-corrected chi connectivity index (χ3v) is 6.63. The molecule has 4 fully saturated rings. The van der Waals surface area contributed by atoms with Crippen LogP contribution in [0.1, 0.15) is 55.8 Å². The van der Waals surface area contributed by atoms with Crippen molar-refractivity contribution in [2.24, 2.45) is 10.8 Å². The lowest BCUT2D eigenvalue weighted by Gasteiger charge is -2.78. The average molecular weight is 318 g/mol. The van der Waals surface area contributed by atoms with Crippen molar-refractivity contribution in [1.29, 1.82) is 0 Å². The second kappa shape index (κ2) is 4.35. The van der Waals surface area contributed by atoms with E-state index in [1.807, 2.05) is 0 Å². The van der Waals surface area contributed by atoms with Gasteiger partial charge in [-0.3, -0.25) is 9.59 Å². The summed E-state index contributed by atoms with van der Waals surface area (Å²) in [4.78, 5) is 24.5. The molecule has 0 aliphatic heterocycles. The predicted octanol–water partition coefficient (Wildman–Crippen LogP) is 3.75. The molecule has 0 heterocycles. The number of rotatable bonds is 4. The third-order valence-electron chi connectivity index (χ3n) is 6.39. The molecule has 4 aliphatic carbocycles. The quantitative estimate of drug-likeness (QED) is 0.919. The molecule has 0 aromatic heterocycles. The highest BCUT2D eigenvalue weighted by atomic mass is 35.5. The van der Waals surface area contributed by atoms with Gasteiger partial charge in [0, 0.05) is 21.5 Å². The van der Waals surface area contributed by atoms with Gasteiger partial charge in [0.2, 0.25) is 0 Å². The van der Waals surface area contributed by atoms with Crippen LogP contribution in [0.5, 0.6) is 0 Å². The molecule has 0 saturated heterocycles. The Bertz CT molecular complexity index is 658. The van der Waals surface area contributed by atoms with Crippen molar-refractivity contribution in [3.05, 3.63) is 34.9 Å². The molecule has 1 N–H and O–H groups in total. The number of hydrogen-bond donors (Lipinski definition) is 1. The van der Waals surface area contributed by atoms with Crippen molar-refractivity contribution in [3.63, 3.8) is 0 Å². The van der Waals surface area contributed by atoms with Gasteiger partial charge in [-0.2, -0.15) is 0 Å². The molecule has 0 radical (unpaired) electrons. The summed E-state index contributed by atoms with van der Waals surface area (Å²) in [5.74, 6) is 0.300. The summed E-state index contributed by atoms with van der Waals surface area (Å²) >= 11 is 5.94. The topological polar surface area (TPSA) is 46.2 Å². The molecule has 4 heteroatoms. The fourth-order valence-electron chi connectivity index (χ4n) is 5.16. The number of amides is 1. The van der Waals surface area contributed by atoms with Crippen molar-refractivity contribution in [3.8, 4) is 0 Å². The molecule has 116 valence electrons. The van der Waals surface area contributed by atoms with Crippen LogP contribution in [0.25, 0.3) is 0 Å². The molecule has 22 heavy (non-hydrogen) atoms. The Hall–Kier alpha value is -1.35. The van der Waals surface area contributed by atoms with E-state index in [0.29, 0.717) is 16.4 Å². The summed E-state index contributed by atoms with van der Waals surface area (Å²) < 4.78 is 0. The minimum atomic E-state index is -0.0739. The zero-order valence-corrected chi connectivity index (χ0v) is 13.5. The van der Waals surface area contributed by atoms with Crippen LogP contribution in [-0.2, 0) is 4.79 Å². The lowest BCUT2D eigenvalue weighted by Crippen LogP contribution is -2.80. The van der Waals surface area contributed by atoms with Gasteiger partial charge in [0.05, 0.1) is 0 Å². The first-order valence-electron chi connectivity index (χ1n) is 8.00. The van der Waals surface area contributed by atoms with E-state index in [1.165, 1.54) is 6.42 Å². The molecule has 1 aromatic rings. The molecule has 1 amide bonds. The maximum Gasteiger partial charge on any atom is 0.251 e. The molecule has 0 atom stereocenters. The van der Waals surface area contributed by atoms with Crippen LogP contribution in [0, 0.1) is 10.8 Å². The van der Waals surface area contributed by atoms with Crippen molar-refractivity contribution >= 4 is 23.3 Å². The van der Waals surface area contributed by atoms with E-state index in [-0.39, 0.29) is 22.3 Å². The number of benzene rings is 1. The Morgan fingerprint density at radius 3 is 2.36 bits per heavy atom. The first-order chi connectivity index (χ1) is 10.4. The number of carbonyl (C=O) groups excluding carboxylic acids is 2. The zero-order valence-electron chi connectivity index (χ0n) is 12.7. The SMILES string of the molecule is CC(=O)C1(C23CC(NC(=O)c4cccc(Cl)c4)(C2)C3)CCC1. The first kappa shape index (κ1) is 14.3. The van der Waals surface area contributed by atoms with Crippen molar-refractivity contribution in [2.75, 3.05) is 0 Å². The maximum absolute atomic E-state index is 12.4. The Kier molecular flexibility index (Phi) is 2.82. The molecule has 4 aliphatic rings. The molecule has 0 unspecified atom stereocenters. The lowest BCUT2D eigenvalue weighted by atomic mass is 9.28. The number of carbonyl (C=O) groups is 2. The van der Waals surface area contributed by atoms with Crippen LogP contribution in [-0.4, -0.2) is 17.2 Å². The fourth-order valence-corrected chi connectivity index (χ4v) is 5.35. The summed E-state index contributed by atoms with van der Waals surface area (Å²) in [5.41, 5.74) is 0.641. The third kappa shape index (κ3) is 1.69. The zero-order chi connectivity index (χ0) is 15.6. The van der Waals surface area contributed by atoms with Gasteiger partial charge in [-0.25, -0.2) is 0 Å². The van der Waals surface area contributed by atoms with E-state index in [2.05, 4.69) is 5.32 Å². The van der Waals surface area contributed by atoms with E-state index >= 15 is 0 Å². The Labute approximate surface area is 135 Å². The summed E-state index contributed by atoms with van der Waals surface area (Å²) in [7, 11) is 0. The minimum Gasteiger partial charge on any atom is -0.347 e. The standard InChI is InChI=1S/C18H20ClNO2/c1-12(21)18(6-3-7-18)16-9-17(10-16,11-16)20-15(22)13-4-2-5-14(19)8-13/h2,4-5,8H,3,6-7,9-11H2,1H3,(H,20,22). The van der Waals surface area contributed by atoms with E-state index in [9.17, 15) is 9.59 Å². The Morgan fingerprint density at radius 1 is 1.18 bits per heavy atom. The largest absolute Gasteiger partial charge is 0.347 e. The number of ketones is 1. The van der Waals surface area contributed by atoms with E-state index in [4.69, 9.17) is 11.6 Å². The number of halogens is 1. The van der Waals surface area contributed by atoms with E-state index < -0.39 is 0 Å². The van der Waals surface area contributed by atoms with Gasteiger partial charge in [-0.05, 0) is 62.6 Å². The van der Waals surface area contributed by atoms with Crippen LogP contribution < -0.4 is 5.32 Å². The van der Waals surface area contributed by atoms with Gasteiger partial charge in [0.15, 0.2) is 0 Å². The normalized spacial score (nSPS) is 33.9. The van der Waals surface area contributed by atoms with Gasteiger partial charge < -0.3 is 5.32 Å². The fraction of sp³-hybridized carbons (Fsp3) is 0.556. The van der Waals surface area contributed by atoms with Crippen molar-refractivity contribution in [2.45, 2.75) is 51.0 Å². The number of hydrogen-bond acceptors (Lipinski definition) is 2. The molecule has 5 rings (SSSR count). The summed E-state index contributed by atoms with van der Waals surface area (Å²) in [5, 5.41) is 3.75. The van der Waals surface area contributed by atoms with Gasteiger partial charge in [0.1, 0.15) is 5.78 Å². The van der Waals surface area contributed by atoms with Gasteiger partial charge in [0.25, 0.3) is 5.91 Å². The molecule has 1 aromatic carbocycles. The van der Waals surface area contributed by atoms with Crippen LogP contribution >= 0.6 is 11.6 Å². The lowest BCUT2D eigenvalue weighted by molar-refractivity contribution is -0.243. The Balaban J connectivity index is 1.44. The summed E-state index contributed by atoms with van der Waals surface area (Å²) in [6.45, 7) is 1.75. The highest BCUT2D eigenvalue weighted by molar-refractivity contribution is 6.30. The van der Waals surface area contributed by atoms with Gasteiger partial charge >= 0.3 is 0 Å². The van der Waals surface area contributed by atoms with Crippen LogP contribution in [0.2, 0.25) is 5.02 Å². The molecular weight excluding hydrogens is 298 g/mol. The second-order valence-electron chi connectivity index (χ2n) is 7.55. The summed E-state index contributed by atoms with van der Waals surface area (Å²) in [6, 6.07) is 7.04. The summed E-state index contributed by atoms with van der Waals surface area (Å²) in [6.07, 6.45) is 6.15. The Morgan fingerprint density at radius 2 is 1.86 bits per heavy atom. The van der Waals surface area contributed by atoms with E-state index in [1.54, 1.807) is 31.2 Å². The first-order valence-corrected chi connectivity index (χ1v) is 8.37. The van der Waals surface area contributed by atoms with Crippen LogP contribution in [0.4, 0.5) is 0 Å². The highest BCUT2D eigenvalue weighted by Gasteiger charge is 2.77. The highest BCUT2D eigenvalue weighted by Crippen LogP contribution is 2.78. The van der Waals surface area contributed by atoms with Crippen molar-refractivity contribution in [1.82, 2.24) is 5.32 Å². The van der Waals surface area contributed by atoms with Crippen LogP contribution in [0.15, 0.2) is 24.3 Å². The number of nitrogens with one attached hydrogen (secondary N) is 1. The van der Waals surface area contributed by atoms with Gasteiger partial charge in [-0.1, -0.05) is 24.1 Å². The predicted molar refractivity (Wildman–Crippen MR) is 84.9 cm³/mol. The average Bonchev–Trinajstić information content (AvgIpc) is 2.32. The number of Topliss-reactive ketones (excluding diaryl/α,β-unsaturated/α-hetero) is 1. The second-order valence-corrected chi connectivity index (χ2v) is 7.98. The molecular formula is C18H20ClNO2. The monoisotopic (exact) mass is 317 g/mol. The smallest absolute Gasteiger partial charge is 0.251 e. The van der Waals surface area contributed by atoms with Crippen molar-refractivity contribution < 1.29 is 9.59 Å². The van der Waals surface area contributed by atoms with E-state index in [0.717, 1.165) is 32.1 Å². The molecule has 4 saturated carbocycles. The molecule has 2 bridgehead atoms. The van der Waals surface area contributed by atoms with Crippen LogP contribution in [0.3, 0.4) is 0 Å². The molecule has 0 spiro atoms. The molecule has 3 nitrogen and oxygen atoms in total. The minimum absolute atomic E-state index is 0.0544. The van der Waals surface area contributed by atoms with Gasteiger partial charge in [-0.15, -0.1) is 0 Å². The maximum atomic E-state index is 12.4.